The Balaban J connectivity index is 3.27. The summed E-state index contributed by atoms with van der Waals surface area (Å²) < 4.78 is 0. The van der Waals surface area contributed by atoms with E-state index in [9.17, 15) is 0 Å². The van der Waals surface area contributed by atoms with E-state index in [0.717, 1.165) is 0 Å². The Bertz CT molecular complexity index is 94.3. The summed E-state index contributed by atoms with van der Waals surface area (Å²) in [7, 11) is 0. The summed E-state index contributed by atoms with van der Waals surface area (Å²) >= 11 is 0. The average Bonchev–Trinajstić information content (AvgIpc) is 1.69. The number of oxime groups is 1. The van der Waals surface area contributed by atoms with Crippen LogP contribution in [0.15, 0.2) is 30.0 Å². The van der Waals surface area contributed by atoms with E-state index in [4.69, 9.17) is 5.21 Å². The largest absolute Gasteiger partial charge is 0.411 e. The third-order valence-electron chi connectivity index (χ3n) is 0.400. The van der Waals surface area contributed by atoms with E-state index in [1.165, 1.54) is 6.21 Å². The zero-order chi connectivity index (χ0) is 5.54. The van der Waals surface area contributed by atoms with E-state index >= 15 is 0 Å². The summed E-state index contributed by atoms with van der Waals surface area (Å²) in [6.45, 7) is 3.40. The summed E-state index contributed by atoms with van der Waals surface area (Å²) in [5.74, 6) is 0. The zero-order valence-electron chi connectivity index (χ0n) is 3.91. The molecule has 0 aromatic rings. The molecule has 0 unspecified atom stereocenters. The second-order valence-corrected chi connectivity index (χ2v) is 0.885. The van der Waals surface area contributed by atoms with Crippen LogP contribution in [0, 0.1) is 0 Å². The van der Waals surface area contributed by atoms with Gasteiger partial charge in [0.25, 0.3) is 0 Å². The minimum atomic E-state index is 1.27. The van der Waals surface area contributed by atoms with Crippen molar-refractivity contribution in [1.29, 1.82) is 0 Å². The predicted octanol–water partition coefficient (Wildman–Crippen LogP) is 1.19. The number of hydrogen-bond acceptors (Lipinski definition) is 2. The lowest BCUT2D eigenvalue weighted by atomic mass is 10.5. The summed E-state index contributed by atoms with van der Waals surface area (Å²) in [4.78, 5) is 0. The molecule has 0 aliphatic rings. The van der Waals surface area contributed by atoms with E-state index < -0.39 is 0 Å². The van der Waals surface area contributed by atoms with Crippen LogP contribution in [0.2, 0.25) is 0 Å². The van der Waals surface area contributed by atoms with Crippen molar-refractivity contribution in [2.75, 3.05) is 0 Å². The molecular formula is C5H7NO. The summed E-state index contributed by atoms with van der Waals surface area (Å²) in [6.07, 6.45) is 6.11. The molecule has 38 valence electrons. The molecule has 0 fully saturated rings. The van der Waals surface area contributed by atoms with Crippen molar-refractivity contribution >= 4 is 6.21 Å². The summed E-state index contributed by atoms with van der Waals surface area (Å²) in [5.41, 5.74) is 0. The van der Waals surface area contributed by atoms with Crippen LogP contribution in [0.1, 0.15) is 0 Å². The lowest BCUT2D eigenvalue weighted by Gasteiger charge is -1.64. The SMILES string of the molecule is C=C/C=C\C=N\O. The predicted molar refractivity (Wildman–Crippen MR) is 29.6 cm³/mol. The molecule has 0 radical (unpaired) electrons. The van der Waals surface area contributed by atoms with Crippen molar-refractivity contribution in [2.45, 2.75) is 0 Å². The van der Waals surface area contributed by atoms with Crippen LogP contribution < -0.4 is 0 Å². The van der Waals surface area contributed by atoms with Crippen molar-refractivity contribution in [1.82, 2.24) is 0 Å². The molecule has 1 N–H and O–H groups in total. The van der Waals surface area contributed by atoms with Crippen molar-refractivity contribution < 1.29 is 5.21 Å². The van der Waals surface area contributed by atoms with E-state index in [2.05, 4.69) is 11.7 Å². The van der Waals surface area contributed by atoms with Gasteiger partial charge in [0.1, 0.15) is 0 Å². The van der Waals surface area contributed by atoms with Gasteiger partial charge in [-0.2, -0.15) is 0 Å². The highest BCUT2D eigenvalue weighted by Crippen LogP contribution is 1.66. The quantitative estimate of drug-likeness (QED) is 0.239. The third-order valence-corrected chi connectivity index (χ3v) is 0.400. The molecule has 0 aromatic heterocycles. The lowest BCUT2D eigenvalue weighted by Crippen LogP contribution is -1.58. The van der Waals surface area contributed by atoms with Crippen molar-refractivity contribution in [3.63, 3.8) is 0 Å². The highest BCUT2D eigenvalue weighted by molar-refractivity contribution is 5.70. The fraction of sp³-hybridized carbons (Fsp3) is 0. The Labute approximate surface area is 42.5 Å². The lowest BCUT2D eigenvalue weighted by molar-refractivity contribution is 0.322. The standard InChI is InChI=1S/C5H7NO/c1-2-3-4-5-6-7/h2-5,7H,1H2/b4-3-,6-5+. The summed E-state index contributed by atoms with van der Waals surface area (Å²) in [5, 5.41) is 10.5. The monoisotopic (exact) mass is 97.1 g/mol. The maximum absolute atomic E-state index is 7.78. The van der Waals surface area contributed by atoms with Crippen LogP contribution in [0.25, 0.3) is 0 Å². The molecule has 2 heteroatoms. The Morgan fingerprint density at radius 1 is 1.43 bits per heavy atom. The average molecular weight is 97.1 g/mol. The Morgan fingerprint density at radius 2 is 2.14 bits per heavy atom. The normalized spacial score (nSPS) is 10.9. The van der Waals surface area contributed by atoms with Crippen LogP contribution in [-0.4, -0.2) is 11.4 Å². The first-order chi connectivity index (χ1) is 3.41. The molecule has 2 nitrogen and oxygen atoms in total. The van der Waals surface area contributed by atoms with Gasteiger partial charge in [0.15, 0.2) is 0 Å². The Hall–Kier alpha value is -1.05. The molecule has 0 saturated heterocycles. The topological polar surface area (TPSA) is 32.6 Å². The molecule has 0 rings (SSSR count). The van der Waals surface area contributed by atoms with Crippen molar-refractivity contribution in [3.05, 3.63) is 24.8 Å². The van der Waals surface area contributed by atoms with Gasteiger partial charge in [-0.3, -0.25) is 0 Å². The maximum atomic E-state index is 7.78. The third kappa shape index (κ3) is 4.95. The van der Waals surface area contributed by atoms with Crippen LogP contribution in [0.5, 0.6) is 0 Å². The van der Waals surface area contributed by atoms with Gasteiger partial charge in [-0.1, -0.05) is 23.9 Å². The van der Waals surface area contributed by atoms with Gasteiger partial charge in [0.05, 0.1) is 6.21 Å². The van der Waals surface area contributed by atoms with Gasteiger partial charge in [-0.25, -0.2) is 0 Å². The first-order valence-electron chi connectivity index (χ1n) is 1.87. The molecule has 0 aliphatic carbocycles. The maximum Gasteiger partial charge on any atom is 0.0661 e. The van der Waals surface area contributed by atoms with E-state index in [1.807, 2.05) is 0 Å². The minimum Gasteiger partial charge on any atom is -0.411 e. The molecule has 0 saturated carbocycles. The molecule has 0 heterocycles. The fourth-order valence-electron chi connectivity index (χ4n) is 0.167. The molecule has 0 atom stereocenters. The first-order valence-corrected chi connectivity index (χ1v) is 1.87. The van der Waals surface area contributed by atoms with E-state index in [-0.39, 0.29) is 0 Å². The van der Waals surface area contributed by atoms with Crippen LogP contribution in [-0.2, 0) is 0 Å². The van der Waals surface area contributed by atoms with E-state index in [1.54, 1.807) is 18.2 Å². The van der Waals surface area contributed by atoms with Crippen LogP contribution >= 0.6 is 0 Å². The fourth-order valence-corrected chi connectivity index (χ4v) is 0.167. The molecule has 7 heavy (non-hydrogen) atoms. The number of nitrogens with zero attached hydrogens (tertiary/aromatic N) is 1. The van der Waals surface area contributed by atoms with Crippen molar-refractivity contribution in [3.8, 4) is 0 Å². The van der Waals surface area contributed by atoms with Gasteiger partial charge in [-0.15, -0.1) is 0 Å². The highest BCUT2D eigenvalue weighted by atomic mass is 16.4. The molecule has 0 amide bonds. The minimum absolute atomic E-state index is 1.27. The van der Waals surface area contributed by atoms with Crippen molar-refractivity contribution in [2.24, 2.45) is 5.16 Å². The van der Waals surface area contributed by atoms with E-state index in [0.29, 0.717) is 0 Å². The highest BCUT2D eigenvalue weighted by Gasteiger charge is 1.54. The molecule has 0 aromatic carbocycles. The molecular weight excluding hydrogens is 90.1 g/mol. The van der Waals surface area contributed by atoms with Gasteiger partial charge in [0.2, 0.25) is 0 Å². The molecule has 0 aliphatic heterocycles. The number of rotatable bonds is 2. The second kappa shape index (κ2) is 4.95. The van der Waals surface area contributed by atoms with Crippen LogP contribution in [0.4, 0.5) is 0 Å². The summed E-state index contributed by atoms with van der Waals surface area (Å²) in [6, 6.07) is 0. The van der Waals surface area contributed by atoms with Gasteiger partial charge >= 0.3 is 0 Å². The Morgan fingerprint density at radius 3 is 2.57 bits per heavy atom. The van der Waals surface area contributed by atoms with Gasteiger partial charge in [0, 0.05) is 0 Å². The molecule has 0 spiro atoms. The number of hydrogen-bond donors (Lipinski definition) is 1. The second-order valence-electron chi connectivity index (χ2n) is 0.885. The molecule has 0 bridgehead atoms. The van der Waals surface area contributed by atoms with Gasteiger partial charge in [-0.05, 0) is 6.08 Å². The van der Waals surface area contributed by atoms with Gasteiger partial charge < -0.3 is 5.21 Å². The number of allylic oxidation sites excluding steroid dienone is 3. The zero-order valence-corrected chi connectivity index (χ0v) is 3.91. The smallest absolute Gasteiger partial charge is 0.0661 e. The van der Waals surface area contributed by atoms with Crippen LogP contribution in [0.3, 0.4) is 0 Å². The first kappa shape index (κ1) is 5.95. The Kier molecular flexibility index (Phi) is 4.21.